The fourth-order valence-electron chi connectivity index (χ4n) is 3.97. The molecule has 1 saturated heterocycles. The Kier molecular flexibility index (Phi) is 5.85. The van der Waals surface area contributed by atoms with E-state index < -0.39 is 10.0 Å². The maximum atomic E-state index is 12.4. The van der Waals surface area contributed by atoms with E-state index in [1.807, 2.05) is 0 Å². The number of carbonyl (C=O) groups is 3. The molecular formula is C19H25N3O5S. The van der Waals surface area contributed by atoms with Crippen LogP contribution in [0.3, 0.4) is 0 Å². The Bertz CT molecular complexity index is 888. The molecule has 0 unspecified atom stereocenters. The van der Waals surface area contributed by atoms with Crippen LogP contribution in [-0.4, -0.2) is 44.6 Å². The van der Waals surface area contributed by atoms with Gasteiger partial charge in [0.15, 0.2) is 0 Å². The van der Waals surface area contributed by atoms with E-state index in [9.17, 15) is 22.8 Å². The minimum atomic E-state index is -3.64. The summed E-state index contributed by atoms with van der Waals surface area (Å²) in [5.74, 6) is -1.17. The zero-order valence-corrected chi connectivity index (χ0v) is 16.8. The summed E-state index contributed by atoms with van der Waals surface area (Å²) in [6.45, 7) is 1.71. The maximum absolute atomic E-state index is 12.4. The third-order valence-corrected chi connectivity index (χ3v) is 7.08. The molecule has 1 aromatic rings. The van der Waals surface area contributed by atoms with Gasteiger partial charge >= 0.3 is 0 Å². The number of sulfonamides is 1. The lowest BCUT2D eigenvalue weighted by atomic mass is 9.81. The van der Waals surface area contributed by atoms with Crippen LogP contribution in [0, 0.1) is 18.8 Å². The summed E-state index contributed by atoms with van der Waals surface area (Å²) in [4.78, 5) is 38.5. The van der Waals surface area contributed by atoms with Crippen LogP contribution in [0.25, 0.3) is 0 Å². The number of rotatable bonds is 6. The summed E-state index contributed by atoms with van der Waals surface area (Å²) in [6, 6.07) is 4.61. The second kappa shape index (κ2) is 8.00. The van der Waals surface area contributed by atoms with Crippen molar-refractivity contribution in [3.8, 4) is 0 Å². The highest BCUT2D eigenvalue weighted by Crippen LogP contribution is 2.38. The number of nitrogens with zero attached hydrogens (tertiary/aromatic N) is 1. The predicted molar refractivity (Wildman–Crippen MR) is 103 cm³/mol. The molecule has 0 spiro atoms. The molecule has 0 bridgehead atoms. The first-order valence-electron chi connectivity index (χ1n) is 9.44. The van der Waals surface area contributed by atoms with Gasteiger partial charge < -0.3 is 5.32 Å². The molecule has 3 rings (SSSR count). The van der Waals surface area contributed by atoms with Gasteiger partial charge in [0, 0.05) is 18.7 Å². The van der Waals surface area contributed by atoms with Crippen molar-refractivity contribution in [2.45, 2.75) is 43.9 Å². The quantitative estimate of drug-likeness (QED) is 0.693. The summed E-state index contributed by atoms with van der Waals surface area (Å²) in [7, 11) is -2.32. The number of likely N-dealkylation sites (tertiary alicyclic amines) is 1. The highest BCUT2D eigenvalue weighted by atomic mass is 32.2. The molecule has 2 fully saturated rings. The fourth-order valence-corrected chi connectivity index (χ4v) is 4.96. The SMILES string of the molecule is CNS(=O)(=O)c1cc(NC(=O)CCN2C(=O)[C@H]3CCCC[C@H]3C2=O)ccc1C. The Labute approximate surface area is 164 Å². The lowest BCUT2D eigenvalue weighted by molar-refractivity contribution is -0.140. The largest absolute Gasteiger partial charge is 0.326 e. The molecule has 152 valence electrons. The summed E-state index contributed by atoms with van der Waals surface area (Å²) in [5, 5.41) is 2.64. The summed E-state index contributed by atoms with van der Waals surface area (Å²) >= 11 is 0. The van der Waals surface area contributed by atoms with Crippen LogP contribution in [0.2, 0.25) is 0 Å². The number of anilines is 1. The molecule has 0 radical (unpaired) electrons. The van der Waals surface area contributed by atoms with Gasteiger partial charge in [0.2, 0.25) is 27.7 Å². The molecular weight excluding hydrogens is 382 g/mol. The monoisotopic (exact) mass is 407 g/mol. The molecule has 2 N–H and O–H groups in total. The molecule has 2 atom stereocenters. The lowest BCUT2D eigenvalue weighted by Gasteiger charge is -2.19. The summed E-state index contributed by atoms with van der Waals surface area (Å²) in [5.41, 5.74) is 0.903. The van der Waals surface area contributed by atoms with Crippen LogP contribution in [0.15, 0.2) is 23.1 Å². The molecule has 0 aromatic heterocycles. The van der Waals surface area contributed by atoms with E-state index in [-0.39, 0.29) is 47.4 Å². The van der Waals surface area contributed by atoms with Crippen molar-refractivity contribution < 1.29 is 22.8 Å². The van der Waals surface area contributed by atoms with Crippen molar-refractivity contribution in [2.75, 3.05) is 18.9 Å². The number of amides is 3. The van der Waals surface area contributed by atoms with Crippen molar-refractivity contribution in [1.29, 1.82) is 0 Å². The van der Waals surface area contributed by atoms with Gasteiger partial charge in [-0.25, -0.2) is 13.1 Å². The van der Waals surface area contributed by atoms with E-state index in [0.29, 0.717) is 11.3 Å². The van der Waals surface area contributed by atoms with Gasteiger partial charge in [-0.2, -0.15) is 0 Å². The van der Waals surface area contributed by atoms with Crippen molar-refractivity contribution in [3.05, 3.63) is 23.8 Å². The molecule has 9 heteroatoms. The Morgan fingerprint density at radius 3 is 2.32 bits per heavy atom. The Morgan fingerprint density at radius 2 is 1.75 bits per heavy atom. The molecule has 8 nitrogen and oxygen atoms in total. The molecule has 1 aliphatic carbocycles. The topological polar surface area (TPSA) is 113 Å². The van der Waals surface area contributed by atoms with Crippen LogP contribution in [0.1, 0.15) is 37.7 Å². The number of carbonyl (C=O) groups excluding carboxylic acids is 3. The average Bonchev–Trinajstić information content (AvgIpc) is 2.92. The average molecular weight is 407 g/mol. The highest BCUT2D eigenvalue weighted by molar-refractivity contribution is 7.89. The molecule has 28 heavy (non-hydrogen) atoms. The van der Waals surface area contributed by atoms with E-state index in [1.54, 1.807) is 19.1 Å². The zero-order chi connectivity index (χ0) is 20.5. The number of aryl methyl sites for hydroxylation is 1. The number of benzene rings is 1. The second-order valence-corrected chi connectivity index (χ2v) is 9.17. The normalized spacial score (nSPS) is 22.3. The molecule has 1 saturated carbocycles. The zero-order valence-electron chi connectivity index (χ0n) is 16.0. The molecule has 3 amide bonds. The van der Waals surface area contributed by atoms with E-state index in [0.717, 1.165) is 25.7 Å². The minimum Gasteiger partial charge on any atom is -0.326 e. The number of imide groups is 1. The van der Waals surface area contributed by atoms with Gasteiger partial charge in [-0.05, 0) is 44.5 Å². The van der Waals surface area contributed by atoms with Gasteiger partial charge in [0.1, 0.15) is 0 Å². The summed E-state index contributed by atoms with van der Waals surface area (Å²) in [6.07, 6.45) is 3.37. The second-order valence-electron chi connectivity index (χ2n) is 7.31. The van der Waals surface area contributed by atoms with E-state index in [4.69, 9.17) is 0 Å². The summed E-state index contributed by atoms with van der Waals surface area (Å²) < 4.78 is 26.4. The van der Waals surface area contributed by atoms with E-state index in [1.165, 1.54) is 18.0 Å². The van der Waals surface area contributed by atoms with Crippen LogP contribution in [-0.2, 0) is 24.4 Å². The van der Waals surface area contributed by atoms with Gasteiger partial charge in [-0.15, -0.1) is 0 Å². The third-order valence-electron chi connectivity index (χ3n) is 5.53. The van der Waals surface area contributed by atoms with Crippen LogP contribution in [0.5, 0.6) is 0 Å². The van der Waals surface area contributed by atoms with E-state index >= 15 is 0 Å². The van der Waals surface area contributed by atoms with Gasteiger partial charge in [0.05, 0.1) is 16.7 Å². The Hall–Kier alpha value is -2.26. The van der Waals surface area contributed by atoms with Crippen molar-refractivity contribution >= 4 is 33.4 Å². The first-order chi connectivity index (χ1) is 13.2. The van der Waals surface area contributed by atoms with Crippen molar-refractivity contribution in [3.63, 3.8) is 0 Å². The molecule has 1 aromatic carbocycles. The first-order valence-corrected chi connectivity index (χ1v) is 10.9. The standard InChI is InChI=1S/C19H25N3O5S/c1-12-7-8-13(11-16(12)28(26,27)20-2)21-17(23)9-10-22-18(24)14-5-3-4-6-15(14)19(22)25/h7-8,11,14-15,20H,3-6,9-10H2,1-2H3,(H,21,23)/t14-,15+. The smallest absolute Gasteiger partial charge is 0.240 e. The van der Waals surface area contributed by atoms with Gasteiger partial charge in [-0.1, -0.05) is 18.9 Å². The Morgan fingerprint density at radius 1 is 1.14 bits per heavy atom. The minimum absolute atomic E-state index is 0.0289. The molecule has 1 aliphatic heterocycles. The first kappa shape index (κ1) is 20.5. The highest BCUT2D eigenvalue weighted by Gasteiger charge is 2.47. The van der Waals surface area contributed by atoms with Crippen LogP contribution < -0.4 is 10.0 Å². The molecule has 2 aliphatic rings. The lowest BCUT2D eigenvalue weighted by Crippen LogP contribution is -2.34. The van der Waals surface area contributed by atoms with Crippen molar-refractivity contribution in [2.24, 2.45) is 11.8 Å². The number of fused-ring (bicyclic) bond motifs is 1. The maximum Gasteiger partial charge on any atom is 0.240 e. The van der Waals surface area contributed by atoms with Crippen molar-refractivity contribution in [1.82, 2.24) is 9.62 Å². The van der Waals surface area contributed by atoms with Crippen LogP contribution in [0.4, 0.5) is 5.69 Å². The number of hydrogen-bond acceptors (Lipinski definition) is 5. The Balaban J connectivity index is 1.63. The van der Waals surface area contributed by atoms with Gasteiger partial charge in [0.25, 0.3) is 0 Å². The predicted octanol–water partition coefficient (Wildman–Crippen LogP) is 1.41. The van der Waals surface area contributed by atoms with Crippen LogP contribution >= 0.6 is 0 Å². The molecule has 1 heterocycles. The van der Waals surface area contributed by atoms with Gasteiger partial charge in [-0.3, -0.25) is 19.3 Å². The fraction of sp³-hybridized carbons (Fsp3) is 0.526. The third kappa shape index (κ3) is 3.95. The number of nitrogens with one attached hydrogen (secondary N) is 2. The number of hydrogen-bond donors (Lipinski definition) is 2. The van der Waals surface area contributed by atoms with E-state index in [2.05, 4.69) is 10.0 Å².